The highest BCUT2D eigenvalue weighted by atomic mass is 79.9. The minimum Gasteiger partial charge on any atom is -0.493 e. The van der Waals surface area contributed by atoms with E-state index in [0.717, 1.165) is 0 Å². The number of benzene rings is 2. The van der Waals surface area contributed by atoms with E-state index >= 15 is 0 Å². The Bertz CT molecular complexity index is 1040. The lowest BCUT2D eigenvalue weighted by Gasteiger charge is -2.25. The summed E-state index contributed by atoms with van der Waals surface area (Å²) in [6.07, 6.45) is 1.43. The highest BCUT2D eigenvalue weighted by Crippen LogP contribution is 2.35. The van der Waals surface area contributed by atoms with Crippen molar-refractivity contribution in [2.75, 3.05) is 14.2 Å². The van der Waals surface area contributed by atoms with Crippen molar-refractivity contribution in [1.29, 1.82) is 0 Å². The van der Waals surface area contributed by atoms with E-state index in [1.54, 1.807) is 30.3 Å². The summed E-state index contributed by atoms with van der Waals surface area (Å²) >= 11 is 8.34. The monoisotopic (exact) mass is 478 g/mol. The molecule has 1 fully saturated rings. The van der Waals surface area contributed by atoms with Gasteiger partial charge in [0.2, 0.25) is 0 Å². The van der Waals surface area contributed by atoms with Gasteiger partial charge in [-0.15, -0.1) is 0 Å². The Balaban J connectivity index is 1.90. The summed E-state index contributed by atoms with van der Waals surface area (Å²) in [5.41, 5.74) is 0.865. The second-order valence-electron chi connectivity index (χ2n) is 6.09. The third-order valence-electron chi connectivity index (χ3n) is 4.23. The van der Waals surface area contributed by atoms with Crippen LogP contribution in [0.5, 0.6) is 11.5 Å². The Morgan fingerprint density at radius 3 is 2.66 bits per heavy atom. The molecule has 0 spiro atoms. The second kappa shape index (κ2) is 8.71. The maximum absolute atomic E-state index is 13.8. The molecule has 2 aromatic carbocycles. The molecule has 2 amide bonds. The average molecular weight is 479 g/mol. The van der Waals surface area contributed by atoms with Crippen LogP contribution in [0.4, 0.5) is 4.39 Å². The van der Waals surface area contributed by atoms with Crippen molar-refractivity contribution < 1.29 is 23.5 Å². The number of hydrogen-bond acceptors (Lipinski definition) is 5. The zero-order chi connectivity index (χ0) is 21.1. The quantitative estimate of drug-likeness (QED) is 0.405. The molecule has 1 heterocycles. The first-order chi connectivity index (χ1) is 13.8. The van der Waals surface area contributed by atoms with E-state index in [2.05, 4.69) is 21.2 Å². The summed E-state index contributed by atoms with van der Waals surface area (Å²) in [5.74, 6) is -0.712. The van der Waals surface area contributed by atoms with Gasteiger partial charge in [0.15, 0.2) is 16.6 Å². The van der Waals surface area contributed by atoms with Crippen molar-refractivity contribution in [2.45, 2.75) is 6.61 Å². The molecule has 2 aromatic rings. The third-order valence-corrected chi connectivity index (χ3v) is 5.29. The number of likely N-dealkylation sites (N-methyl/N-ethyl adjacent to an activating group) is 1. The lowest BCUT2D eigenvalue weighted by molar-refractivity contribution is -0.128. The molecule has 6 nitrogen and oxygen atoms in total. The molecule has 0 aliphatic carbocycles. The van der Waals surface area contributed by atoms with Gasteiger partial charge in [0.05, 0.1) is 7.11 Å². The number of rotatable bonds is 5. The summed E-state index contributed by atoms with van der Waals surface area (Å²) in [6.45, 7) is 0.0129. The van der Waals surface area contributed by atoms with Gasteiger partial charge >= 0.3 is 0 Å². The number of thiocarbonyl (C=S) groups is 1. The highest BCUT2D eigenvalue weighted by Gasteiger charge is 2.31. The standard InChI is InChI=1S/C20H16BrFN2O4S/c1-24-19(26)13(18(25)23-20(24)29)7-12-8-16(27-2)17(9-14(12)21)28-10-11-5-3-4-6-15(11)22/h3-9H,10H2,1-2H3,(H,23,25,29)/b13-7+. The maximum atomic E-state index is 13.8. The van der Waals surface area contributed by atoms with E-state index in [9.17, 15) is 14.0 Å². The molecule has 150 valence electrons. The first kappa shape index (κ1) is 20.9. The molecule has 0 aromatic heterocycles. The van der Waals surface area contributed by atoms with E-state index in [-0.39, 0.29) is 23.1 Å². The SMILES string of the molecule is COc1cc(/C=C2\C(=O)NC(=S)N(C)C2=O)c(Br)cc1OCc1ccccc1F. The maximum Gasteiger partial charge on any atom is 0.265 e. The predicted octanol–water partition coefficient (Wildman–Crippen LogP) is 3.43. The fourth-order valence-electron chi connectivity index (χ4n) is 2.61. The van der Waals surface area contributed by atoms with Crippen molar-refractivity contribution in [3.05, 3.63) is 63.4 Å². The minimum atomic E-state index is -0.580. The van der Waals surface area contributed by atoms with Crippen LogP contribution in [-0.4, -0.2) is 36.0 Å². The molecule has 0 atom stereocenters. The van der Waals surface area contributed by atoms with Crippen molar-refractivity contribution in [3.8, 4) is 11.5 Å². The number of ether oxygens (including phenoxy) is 2. The van der Waals surface area contributed by atoms with Gasteiger partial charge < -0.3 is 9.47 Å². The van der Waals surface area contributed by atoms with Crippen LogP contribution < -0.4 is 14.8 Å². The van der Waals surface area contributed by atoms with Crippen molar-refractivity contribution in [1.82, 2.24) is 10.2 Å². The van der Waals surface area contributed by atoms with Crippen LogP contribution >= 0.6 is 28.1 Å². The zero-order valence-electron chi connectivity index (χ0n) is 15.5. The van der Waals surface area contributed by atoms with Gasteiger partial charge in [-0.3, -0.25) is 19.8 Å². The Kier molecular flexibility index (Phi) is 6.29. The minimum absolute atomic E-state index is 0.0129. The van der Waals surface area contributed by atoms with Crippen LogP contribution in [0.2, 0.25) is 0 Å². The summed E-state index contributed by atoms with van der Waals surface area (Å²) in [4.78, 5) is 25.7. The Labute approximate surface area is 180 Å². The number of hydrogen-bond donors (Lipinski definition) is 1. The van der Waals surface area contributed by atoms with Crippen LogP contribution in [0.3, 0.4) is 0 Å². The lowest BCUT2D eigenvalue weighted by Crippen LogP contribution is -2.52. The molecule has 0 bridgehead atoms. The number of carbonyl (C=O) groups is 2. The normalized spacial score (nSPS) is 15.5. The number of carbonyl (C=O) groups excluding carboxylic acids is 2. The molecule has 1 aliphatic heterocycles. The first-order valence-corrected chi connectivity index (χ1v) is 9.60. The van der Waals surface area contributed by atoms with Crippen LogP contribution in [0.25, 0.3) is 6.08 Å². The number of nitrogens with one attached hydrogen (secondary N) is 1. The predicted molar refractivity (Wildman–Crippen MR) is 113 cm³/mol. The van der Waals surface area contributed by atoms with Gasteiger partial charge in [0.1, 0.15) is 18.0 Å². The van der Waals surface area contributed by atoms with Gasteiger partial charge in [-0.05, 0) is 42.1 Å². The summed E-state index contributed by atoms with van der Waals surface area (Å²) < 4.78 is 25.4. The molecule has 3 rings (SSSR count). The molecular weight excluding hydrogens is 463 g/mol. The summed E-state index contributed by atoms with van der Waals surface area (Å²) in [7, 11) is 2.94. The molecule has 9 heteroatoms. The molecule has 1 N–H and O–H groups in total. The molecule has 0 saturated carbocycles. The Morgan fingerprint density at radius 2 is 1.97 bits per heavy atom. The smallest absolute Gasteiger partial charge is 0.265 e. The first-order valence-electron chi connectivity index (χ1n) is 8.40. The topological polar surface area (TPSA) is 67.9 Å². The van der Waals surface area contributed by atoms with Crippen LogP contribution in [0.1, 0.15) is 11.1 Å². The van der Waals surface area contributed by atoms with Crippen molar-refractivity contribution in [2.24, 2.45) is 0 Å². The number of nitrogens with zero attached hydrogens (tertiary/aromatic N) is 1. The Morgan fingerprint density at radius 1 is 1.24 bits per heavy atom. The van der Waals surface area contributed by atoms with E-state index < -0.39 is 11.8 Å². The molecule has 29 heavy (non-hydrogen) atoms. The van der Waals surface area contributed by atoms with Crippen LogP contribution in [0.15, 0.2) is 46.4 Å². The summed E-state index contributed by atoms with van der Waals surface area (Å²) in [6, 6.07) is 9.55. The molecule has 1 saturated heterocycles. The third kappa shape index (κ3) is 4.46. The fraction of sp³-hybridized carbons (Fsp3) is 0.150. The fourth-order valence-corrected chi connectivity index (χ4v) is 3.22. The van der Waals surface area contributed by atoms with E-state index in [1.165, 1.54) is 31.2 Å². The van der Waals surface area contributed by atoms with Gasteiger partial charge in [0.25, 0.3) is 11.8 Å². The molecule has 0 radical (unpaired) electrons. The van der Waals surface area contributed by atoms with Gasteiger partial charge in [0, 0.05) is 17.1 Å². The number of halogens is 2. The van der Waals surface area contributed by atoms with Crippen molar-refractivity contribution in [3.63, 3.8) is 0 Å². The average Bonchev–Trinajstić information content (AvgIpc) is 2.70. The van der Waals surface area contributed by atoms with E-state index in [1.807, 2.05) is 0 Å². The zero-order valence-corrected chi connectivity index (χ0v) is 17.9. The van der Waals surface area contributed by atoms with Gasteiger partial charge in [-0.25, -0.2) is 4.39 Å². The lowest BCUT2D eigenvalue weighted by atomic mass is 10.1. The molecule has 0 unspecified atom stereocenters. The molecule has 1 aliphatic rings. The summed E-state index contributed by atoms with van der Waals surface area (Å²) in [5, 5.41) is 2.50. The van der Waals surface area contributed by atoms with Crippen LogP contribution in [-0.2, 0) is 16.2 Å². The highest BCUT2D eigenvalue weighted by molar-refractivity contribution is 9.10. The second-order valence-corrected chi connectivity index (χ2v) is 7.33. The number of methoxy groups -OCH3 is 1. The largest absolute Gasteiger partial charge is 0.493 e. The van der Waals surface area contributed by atoms with Crippen molar-refractivity contribution >= 4 is 51.2 Å². The van der Waals surface area contributed by atoms with E-state index in [0.29, 0.717) is 27.1 Å². The van der Waals surface area contributed by atoms with Gasteiger partial charge in [-0.2, -0.15) is 0 Å². The van der Waals surface area contributed by atoms with Gasteiger partial charge in [-0.1, -0.05) is 34.1 Å². The van der Waals surface area contributed by atoms with E-state index in [4.69, 9.17) is 21.7 Å². The number of amides is 2. The van der Waals surface area contributed by atoms with Crippen LogP contribution in [0, 0.1) is 5.82 Å². The molecular formula is C20H16BrFN2O4S. The Hall–Kier alpha value is -2.78.